The molecule has 0 radical (unpaired) electrons. The van der Waals surface area contributed by atoms with E-state index >= 15 is 0 Å². The summed E-state index contributed by atoms with van der Waals surface area (Å²) in [5.74, 6) is 0.260. The number of fused-ring (bicyclic) bond motifs is 1. The molecule has 0 unspecified atom stereocenters. The molecule has 6 nitrogen and oxygen atoms in total. The van der Waals surface area contributed by atoms with Crippen LogP contribution in [0.3, 0.4) is 0 Å². The van der Waals surface area contributed by atoms with Gasteiger partial charge in [0.2, 0.25) is 0 Å². The van der Waals surface area contributed by atoms with E-state index in [1.807, 2.05) is 18.2 Å². The number of thiocarbonyl (C=S) groups is 1. The number of amides is 2. The number of carbonyl (C=O) groups is 2. The van der Waals surface area contributed by atoms with Crippen molar-refractivity contribution in [2.45, 2.75) is 12.8 Å². The van der Waals surface area contributed by atoms with Crippen molar-refractivity contribution >= 4 is 58.2 Å². The number of ether oxygens (including phenoxy) is 1. The van der Waals surface area contributed by atoms with Gasteiger partial charge in [-0.3, -0.25) is 19.8 Å². The number of halogens is 1. The minimum Gasteiger partial charge on any atom is -0.497 e. The van der Waals surface area contributed by atoms with Crippen LogP contribution in [-0.2, 0) is 16.0 Å². The van der Waals surface area contributed by atoms with Gasteiger partial charge in [-0.15, -0.1) is 11.6 Å². The van der Waals surface area contributed by atoms with Gasteiger partial charge in [-0.2, -0.15) is 0 Å². The number of hydrogen-bond donors (Lipinski definition) is 1. The molecule has 1 fully saturated rings. The molecule has 0 aliphatic carbocycles. The summed E-state index contributed by atoms with van der Waals surface area (Å²) in [5, 5.41) is 2.66. The molecule has 2 aliphatic heterocycles. The molecule has 2 aromatic rings. The quantitative estimate of drug-likeness (QED) is 0.312. The highest BCUT2D eigenvalue weighted by Crippen LogP contribution is 2.30. The Morgan fingerprint density at radius 3 is 2.84 bits per heavy atom. The average molecular weight is 456 g/mol. The molecule has 0 aromatic heterocycles. The Bertz CT molecular complexity index is 1090. The molecule has 31 heavy (non-hydrogen) atoms. The third kappa shape index (κ3) is 4.29. The first-order valence-electron chi connectivity index (χ1n) is 10.0. The van der Waals surface area contributed by atoms with Crippen LogP contribution in [0.1, 0.15) is 17.5 Å². The Hall–Kier alpha value is -2.90. The highest BCUT2D eigenvalue weighted by atomic mass is 35.5. The van der Waals surface area contributed by atoms with Gasteiger partial charge in [-0.05, 0) is 66.5 Å². The highest BCUT2D eigenvalue weighted by Gasteiger charge is 2.34. The smallest absolute Gasteiger partial charge is 0.270 e. The summed E-state index contributed by atoms with van der Waals surface area (Å²) in [4.78, 5) is 29.4. The Morgan fingerprint density at radius 1 is 1.23 bits per heavy atom. The molecule has 0 atom stereocenters. The van der Waals surface area contributed by atoms with Crippen molar-refractivity contribution < 1.29 is 14.3 Å². The van der Waals surface area contributed by atoms with E-state index in [0.717, 1.165) is 31.5 Å². The fraction of sp³-hybridized carbons (Fsp3) is 0.261. The van der Waals surface area contributed by atoms with Gasteiger partial charge in [-0.25, -0.2) is 0 Å². The zero-order valence-corrected chi connectivity index (χ0v) is 18.6. The number of nitrogens with one attached hydrogen (secondary N) is 1. The van der Waals surface area contributed by atoms with Crippen LogP contribution in [-0.4, -0.2) is 43.0 Å². The maximum absolute atomic E-state index is 13.2. The number of methoxy groups -OCH3 is 1. The second kappa shape index (κ2) is 9.08. The zero-order valence-electron chi connectivity index (χ0n) is 17.1. The Labute approximate surface area is 191 Å². The Kier molecular flexibility index (Phi) is 6.25. The minimum absolute atomic E-state index is 0.0355. The van der Waals surface area contributed by atoms with Crippen LogP contribution in [0.2, 0.25) is 0 Å². The molecule has 2 aromatic carbocycles. The van der Waals surface area contributed by atoms with Gasteiger partial charge in [0, 0.05) is 30.7 Å². The summed E-state index contributed by atoms with van der Waals surface area (Å²) in [6, 6.07) is 13.0. The van der Waals surface area contributed by atoms with E-state index in [2.05, 4.69) is 10.2 Å². The first-order chi connectivity index (χ1) is 15.0. The third-order valence-electron chi connectivity index (χ3n) is 5.38. The molecular formula is C23H22ClN3O3S. The van der Waals surface area contributed by atoms with E-state index in [0.29, 0.717) is 17.3 Å². The second-order valence-electron chi connectivity index (χ2n) is 7.33. The van der Waals surface area contributed by atoms with Crippen molar-refractivity contribution in [2.24, 2.45) is 0 Å². The van der Waals surface area contributed by atoms with Crippen LogP contribution in [0, 0.1) is 0 Å². The number of anilines is 2. The molecule has 0 saturated carbocycles. The second-order valence-corrected chi connectivity index (χ2v) is 8.09. The van der Waals surface area contributed by atoms with Gasteiger partial charge in [0.25, 0.3) is 11.8 Å². The van der Waals surface area contributed by atoms with Crippen molar-refractivity contribution in [3.05, 3.63) is 59.2 Å². The number of hydrogen-bond acceptors (Lipinski definition) is 5. The summed E-state index contributed by atoms with van der Waals surface area (Å²) in [5.41, 5.74) is 3.76. The molecular weight excluding hydrogens is 434 g/mol. The van der Waals surface area contributed by atoms with E-state index in [-0.39, 0.29) is 10.7 Å². The molecule has 4 rings (SSSR count). The van der Waals surface area contributed by atoms with E-state index in [4.69, 9.17) is 28.6 Å². The van der Waals surface area contributed by atoms with E-state index < -0.39 is 11.8 Å². The van der Waals surface area contributed by atoms with Crippen molar-refractivity contribution in [3.63, 3.8) is 0 Å². The highest BCUT2D eigenvalue weighted by molar-refractivity contribution is 7.80. The van der Waals surface area contributed by atoms with E-state index in [1.165, 1.54) is 16.2 Å². The lowest BCUT2D eigenvalue weighted by Gasteiger charge is -2.29. The van der Waals surface area contributed by atoms with Gasteiger partial charge in [-0.1, -0.05) is 12.1 Å². The molecule has 1 saturated heterocycles. The first kappa shape index (κ1) is 21.3. The van der Waals surface area contributed by atoms with Crippen LogP contribution in [0.5, 0.6) is 5.75 Å². The monoisotopic (exact) mass is 455 g/mol. The van der Waals surface area contributed by atoms with Crippen LogP contribution < -0.4 is 19.9 Å². The normalized spacial score (nSPS) is 17.2. The van der Waals surface area contributed by atoms with Gasteiger partial charge in [0.15, 0.2) is 5.11 Å². The summed E-state index contributed by atoms with van der Waals surface area (Å²) in [6.07, 6.45) is 3.48. The van der Waals surface area contributed by atoms with Gasteiger partial charge in [0.05, 0.1) is 12.8 Å². The third-order valence-corrected chi connectivity index (χ3v) is 5.93. The molecule has 8 heteroatoms. The van der Waals surface area contributed by atoms with Gasteiger partial charge >= 0.3 is 0 Å². The molecule has 0 spiro atoms. The SMILES string of the molecule is COc1cccc(N2C(=O)C(=Cc3ccc4c(c3)CCN4CCCCl)C(=O)NC2=S)c1. The summed E-state index contributed by atoms with van der Waals surface area (Å²) >= 11 is 11.1. The Morgan fingerprint density at radius 2 is 2.06 bits per heavy atom. The standard InChI is InChI=1S/C23H22ClN3O3S/c1-30-18-5-2-4-17(14-18)27-22(29)19(21(28)25-23(27)31)13-15-6-7-20-16(12-15)8-11-26(20)10-3-9-24/h2,4-7,12-14H,3,8-11H2,1H3,(H,25,28,31). The number of nitrogens with zero attached hydrogens (tertiary/aromatic N) is 2. The lowest BCUT2D eigenvalue weighted by atomic mass is 10.0. The maximum atomic E-state index is 13.2. The lowest BCUT2D eigenvalue weighted by molar-refractivity contribution is -0.122. The first-order valence-corrected chi connectivity index (χ1v) is 11.0. The molecule has 2 aliphatic rings. The number of alkyl halides is 1. The van der Waals surface area contributed by atoms with Crippen LogP contribution in [0.4, 0.5) is 11.4 Å². The number of rotatable bonds is 6. The molecule has 2 heterocycles. The van der Waals surface area contributed by atoms with Crippen molar-refractivity contribution in [2.75, 3.05) is 35.9 Å². The zero-order chi connectivity index (χ0) is 22.0. The van der Waals surface area contributed by atoms with Crippen LogP contribution >= 0.6 is 23.8 Å². The van der Waals surface area contributed by atoms with Crippen LogP contribution in [0.15, 0.2) is 48.0 Å². The Balaban J connectivity index is 1.63. The maximum Gasteiger partial charge on any atom is 0.270 e. The lowest BCUT2D eigenvalue weighted by Crippen LogP contribution is -2.54. The molecule has 160 valence electrons. The van der Waals surface area contributed by atoms with Crippen molar-refractivity contribution in [3.8, 4) is 5.75 Å². The number of carbonyl (C=O) groups excluding carboxylic acids is 2. The molecule has 2 amide bonds. The van der Waals surface area contributed by atoms with Crippen LogP contribution in [0.25, 0.3) is 6.08 Å². The van der Waals surface area contributed by atoms with Crippen molar-refractivity contribution in [1.82, 2.24) is 5.32 Å². The average Bonchev–Trinajstić information content (AvgIpc) is 3.17. The van der Waals surface area contributed by atoms with E-state index in [1.54, 1.807) is 37.5 Å². The predicted molar refractivity (Wildman–Crippen MR) is 127 cm³/mol. The minimum atomic E-state index is -0.501. The predicted octanol–water partition coefficient (Wildman–Crippen LogP) is 3.52. The summed E-state index contributed by atoms with van der Waals surface area (Å²) in [7, 11) is 1.55. The molecule has 0 bridgehead atoms. The largest absolute Gasteiger partial charge is 0.497 e. The topological polar surface area (TPSA) is 61.9 Å². The van der Waals surface area contributed by atoms with Gasteiger partial charge < -0.3 is 9.64 Å². The fourth-order valence-electron chi connectivity index (χ4n) is 3.87. The molecule has 1 N–H and O–H groups in total. The van der Waals surface area contributed by atoms with Crippen molar-refractivity contribution in [1.29, 1.82) is 0 Å². The van der Waals surface area contributed by atoms with E-state index in [9.17, 15) is 9.59 Å². The number of benzene rings is 2. The summed E-state index contributed by atoms with van der Waals surface area (Å²) < 4.78 is 5.24. The fourth-order valence-corrected chi connectivity index (χ4v) is 4.27. The van der Waals surface area contributed by atoms with Gasteiger partial charge in [0.1, 0.15) is 11.3 Å². The summed E-state index contributed by atoms with van der Waals surface area (Å²) in [6.45, 7) is 1.87.